The molecule has 0 aromatic heterocycles. The number of guanidine groups is 1. The molecule has 1 aliphatic carbocycles. The van der Waals surface area contributed by atoms with E-state index in [1.807, 2.05) is 13.8 Å². The fourth-order valence-electron chi connectivity index (χ4n) is 2.09. The minimum Gasteiger partial charge on any atom is -0.382 e. The van der Waals surface area contributed by atoms with Crippen molar-refractivity contribution in [3.8, 4) is 0 Å². The van der Waals surface area contributed by atoms with E-state index in [2.05, 4.69) is 22.2 Å². The summed E-state index contributed by atoms with van der Waals surface area (Å²) in [5.74, 6) is 0.657. The van der Waals surface area contributed by atoms with E-state index in [0.29, 0.717) is 17.9 Å². The normalized spacial score (nSPS) is 15.2. The zero-order chi connectivity index (χ0) is 17.3. The molecule has 0 aromatic rings. The average molecular weight is 452 g/mol. The molecule has 0 aliphatic heterocycles. The zero-order valence-corrected chi connectivity index (χ0v) is 17.8. The number of likely N-dealkylation sites (N-methyl/N-ethyl adjacent to an activating group) is 1. The van der Waals surface area contributed by atoms with Crippen molar-refractivity contribution in [1.82, 2.24) is 15.5 Å². The predicted molar refractivity (Wildman–Crippen MR) is 110 cm³/mol. The maximum absolute atomic E-state index is 11.7. The van der Waals surface area contributed by atoms with Gasteiger partial charge in [-0.3, -0.25) is 4.79 Å². The number of aliphatic imine (C=N–C) groups is 1. The van der Waals surface area contributed by atoms with Crippen molar-refractivity contribution in [1.29, 1.82) is 0 Å². The van der Waals surface area contributed by atoms with E-state index in [1.54, 1.807) is 19.0 Å². The number of ether oxygens (including phenoxy) is 1. The van der Waals surface area contributed by atoms with Crippen LogP contribution in [0, 0.1) is 5.41 Å². The summed E-state index contributed by atoms with van der Waals surface area (Å²) in [6.07, 6.45) is 3.51. The van der Waals surface area contributed by atoms with Gasteiger partial charge in [0.2, 0.25) is 5.91 Å². The van der Waals surface area contributed by atoms with Crippen molar-refractivity contribution in [2.45, 2.75) is 33.1 Å². The maximum atomic E-state index is 11.7. The molecular weight excluding hydrogens is 419 g/mol. The van der Waals surface area contributed by atoms with Crippen LogP contribution in [0.15, 0.2) is 17.1 Å². The fourth-order valence-corrected chi connectivity index (χ4v) is 2.09. The minimum absolute atomic E-state index is 0. The predicted octanol–water partition coefficient (Wildman–Crippen LogP) is 2.01. The molecule has 0 unspecified atom stereocenters. The number of hydrogen-bond acceptors (Lipinski definition) is 3. The summed E-state index contributed by atoms with van der Waals surface area (Å²) >= 11 is 0. The second kappa shape index (κ2) is 11.7. The Hall–Kier alpha value is -0.830. The second-order valence-electron chi connectivity index (χ2n) is 6.56. The summed E-state index contributed by atoms with van der Waals surface area (Å²) in [5.41, 5.74) is 1.35. The molecule has 0 atom stereocenters. The highest BCUT2D eigenvalue weighted by atomic mass is 127. The van der Waals surface area contributed by atoms with Crippen molar-refractivity contribution in [2.75, 3.05) is 46.9 Å². The average Bonchev–Trinajstić information content (AvgIpc) is 3.26. The standard InChI is InChI=1S/C17H32N4O2.HI/c1-6-23-10-9-17(7-8-17)13-20-16(18-11-14(2)3)19-12-15(22)21(4)5;/h2,6-13H2,1,3-5H3,(H2,18,19,20);1H. The Kier molecular flexibility index (Phi) is 11.3. The molecule has 0 heterocycles. The second-order valence-corrected chi connectivity index (χ2v) is 6.56. The summed E-state index contributed by atoms with van der Waals surface area (Å²) in [5, 5.41) is 6.59. The Labute approximate surface area is 163 Å². The number of rotatable bonds is 10. The van der Waals surface area contributed by atoms with Crippen LogP contribution in [-0.2, 0) is 9.53 Å². The highest BCUT2D eigenvalue weighted by Gasteiger charge is 2.41. The molecule has 7 heteroatoms. The molecule has 140 valence electrons. The van der Waals surface area contributed by atoms with Crippen LogP contribution < -0.4 is 10.6 Å². The number of carbonyl (C=O) groups excluding carboxylic acids is 1. The SMILES string of the molecule is C=C(C)CNC(=NCC(=O)N(C)C)NCC1(CCOCC)CC1.I. The molecule has 0 spiro atoms. The molecule has 1 aliphatic rings. The molecule has 0 saturated heterocycles. The third-order valence-corrected chi connectivity index (χ3v) is 4.00. The number of carbonyl (C=O) groups is 1. The topological polar surface area (TPSA) is 66.0 Å². The first-order chi connectivity index (χ1) is 10.9. The van der Waals surface area contributed by atoms with E-state index >= 15 is 0 Å². The Morgan fingerprint density at radius 3 is 2.50 bits per heavy atom. The first-order valence-electron chi connectivity index (χ1n) is 8.33. The van der Waals surface area contributed by atoms with Gasteiger partial charge in [0.15, 0.2) is 5.96 Å². The highest BCUT2D eigenvalue weighted by molar-refractivity contribution is 14.0. The quantitative estimate of drug-likeness (QED) is 0.175. The molecular formula is C17H33IN4O2. The number of hydrogen-bond donors (Lipinski definition) is 2. The van der Waals surface area contributed by atoms with Gasteiger partial charge in [-0.05, 0) is 38.5 Å². The Morgan fingerprint density at radius 1 is 1.33 bits per heavy atom. The van der Waals surface area contributed by atoms with Crippen LogP contribution in [0.2, 0.25) is 0 Å². The zero-order valence-electron chi connectivity index (χ0n) is 15.5. The van der Waals surface area contributed by atoms with Gasteiger partial charge < -0.3 is 20.3 Å². The van der Waals surface area contributed by atoms with Gasteiger partial charge in [-0.1, -0.05) is 12.2 Å². The van der Waals surface area contributed by atoms with E-state index in [0.717, 1.165) is 31.8 Å². The van der Waals surface area contributed by atoms with Gasteiger partial charge in [-0.25, -0.2) is 4.99 Å². The van der Waals surface area contributed by atoms with Crippen LogP contribution in [0.25, 0.3) is 0 Å². The molecule has 24 heavy (non-hydrogen) atoms. The van der Waals surface area contributed by atoms with Crippen molar-refractivity contribution in [3.63, 3.8) is 0 Å². The van der Waals surface area contributed by atoms with Crippen molar-refractivity contribution in [3.05, 3.63) is 12.2 Å². The Morgan fingerprint density at radius 2 is 2.00 bits per heavy atom. The molecule has 1 amide bonds. The number of nitrogens with zero attached hydrogens (tertiary/aromatic N) is 2. The van der Waals surface area contributed by atoms with E-state index in [1.165, 1.54) is 12.8 Å². The Balaban J connectivity index is 0.00000529. The molecule has 0 bridgehead atoms. The van der Waals surface area contributed by atoms with Crippen LogP contribution >= 0.6 is 24.0 Å². The number of amides is 1. The van der Waals surface area contributed by atoms with Crippen molar-refractivity contribution >= 4 is 35.8 Å². The summed E-state index contributed by atoms with van der Waals surface area (Å²) in [6.45, 7) is 11.1. The third-order valence-electron chi connectivity index (χ3n) is 4.00. The van der Waals surface area contributed by atoms with Crippen LogP contribution in [0.5, 0.6) is 0 Å². The third kappa shape index (κ3) is 9.46. The molecule has 0 aromatic carbocycles. The minimum atomic E-state index is -0.0149. The lowest BCUT2D eigenvalue weighted by Crippen LogP contribution is -2.42. The van der Waals surface area contributed by atoms with Gasteiger partial charge in [-0.2, -0.15) is 0 Å². The molecule has 6 nitrogen and oxygen atoms in total. The lowest BCUT2D eigenvalue weighted by atomic mass is 10.0. The van der Waals surface area contributed by atoms with E-state index in [4.69, 9.17) is 4.74 Å². The first-order valence-corrected chi connectivity index (χ1v) is 8.33. The Bertz CT molecular complexity index is 434. The number of nitrogens with one attached hydrogen (secondary N) is 2. The summed E-state index contributed by atoms with van der Waals surface area (Å²) in [6, 6.07) is 0. The molecule has 1 rings (SSSR count). The van der Waals surface area contributed by atoms with Gasteiger partial charge >= 0.3 is 0 Å². The van der Waals surface area contributed by atoms with Crippen molar-refractivity contribution in [2.24, 2.45) is 10.4 Å². The van der Waals surface area contributed by atoms with Gasteiger partial charge in [0.25, 0.3) is 0 Å². The van der Waals surface area contributed by atoms with Crippen LogP contribution in [0.4, 0.5) is 0 Å². The fraction of sp³-hybridized carbons (Fsp3) is 0.765. The molecule has 1 saturated carbocycles. The van der Waals surface area contributed by atoms with E-state index < -0.39 is 0 Å². The maximum Gasteiger partial charge on any atom is 0.243 e. The lowest BCUT2D eigenvalue weighted by molar-refractivity contribution is -0.127. The number of halogens is 1. The molecule has 0 radical (unpaired) electrons. The van der Waals surface area contributed by atoms with Crippen LogP contribution in [0.1, 0.15) is 33.1 Å². The van der Waals surface area contributed by atoms with E-state index in [9.17, 15) is 4.79 Å². The van der Waals surface area contributed by atoms with Gasteiger partial charge in [-0.15, -0.1) is 24.0 Å². The lowest BCUT2D eigenvalue weighted by Gasteiger charge is -2.19. The smallest absolute Gasteiger partial charge is 0.243 e. The van der Waals surface area contributed by atoms with E-state index in [-0.39, 0.29) is 36.4 Å². The van der Waals surface area contributed by atoms with Gasteiger partial charge in [0, 0.05) is 40.4 Å². The van der Waals surface area contributed by atoms with Crippen LogP contribution in [-0.4, -0.2) is 63.7 Å². The largest absolute Gasteiger partial charge is 0.382 e. The summed E-state index contributed by atoms with van der Waals surface area (Å²) < 4.78 is 5.47. The first kappa shape index (κ1) is 23.2. The monoisotopic (exact) mass is 452 g/mol. The van der Waals surface area contributed by atoms with Crippen LogP contribution in [0.3, 0.4) is 0 Å². The van der Waals surface area contributed by atoms with Gasteiger partial charge in [0.1, 0.15) is 6.54 Å². The summed E-state index contributed by atoms with van der Waals surface area (Å²) in [7, 11) is 3.47. The van der Waals surface area contributed by atoms with Gasteiger partial charge in [0.05, 0.1) is 0 Å². The van der Waals surface area contributed by atoms with Crippen molar-refractivity contribution < 1.29 is 9.53 Å². The molecule has 1 fully saturated rings. The highest BCUT2D eigenvalue weighted by Crippen LogP contribution is 2.48. The molecule has 2 N–H and O–H groups in total. The summed E-state index contributed by atoms with van der Waals surface area (Å²) in [4.78, 5) is 17.6.